The highest BCUT2D eigenvalue weighted by atomic mass is 35.5. The van der Waals surface area contributed by atoms with Crippen molar-refractivity contribution in [2.45, 2.75) is 12.3 Å². The van der Waals surface area contributed by atoms with Gasteiger partial charge in [0.05, 0.1) is 10.8 Å². The monoisotopic (exact) mass is 237 g/mol. The number of allylic oxidation sites excluding steroid dienone is 2. The Balaban J connectivity index is 2.23. The standard InChI is InChI=1S/C11H8ClNO3/c12-8-5-10(11(14)6-8)7-1-3-9(4-2-7)13(15)16/h1-4,6,10H,5H2. The Kier molecular flexibility index (Phi) is 2.75. The summed E-state index contributed by atoms with van der Waals surface area (Å²) in [5, 5.41) is 11.0. The lowest BCUT2D eigenvalue weighted by atomic mass is 9.96. The lowest BCUT2D eigenvalue weighted by molar-refractivity contribution is -0.384. The van der Waals surface area contributed by atoms with Gasteiger partial charge in [0.1, 0.15) is 0 Å². The van der Waals surface area contributed by atoms with Crippen molar-refractivity contribution in [3.8, 4) is 0 Å². The first kappa shape index (κ1) is 10.8. The average Bonchev–Trinajstić information content (AvgIpc) is 2.58. The molecule has 0 saturated carbocycles. The van der Waals surface area contributed by atoms with Gasteiger partial charge in [-0.1, -0.05) is 23.7 Å². The molecule has 0 radical (unpaired) electrons. The number of benzene rings is 1. The SMILES string of the molecule is O=C1C=C(Cl)CC1c1ccc([N+](=O)[O-])cc1. The number of hydrogen-bond donors (Lipinski definition) is 0. The Morgan fingerprint density at radius 1 is 1.31 bits per heavy atom. The van der Waals surface area contributed by atoms with Crippen LogP contribution in [0.1, 0.15) is 17.9 Å². The maximum atomic E-state index is 11.5. The van der Waals surface area contributed by atoms with Gasteiger partial charge >= 0.3 is 0 Å². The van der Waals surface area contributed by atoms with Crippen molar-refractivity contribution in [1.29, 1.82) is 0 Å². The number of nitro groups is 1. The number of rotatable bonds is 2. The Morgan fingerprint density at radius 3 is 2.38 bits per heavy atom. The molecule has 1 aromatic carbocycles. The molecule has 0 saturated heterocycles. The highest BCUT2D eigenvalue weighted by Gasteiger charge is 2.26. The van der Waals surface area contributed by atoms with E-state index in [1.807, 2.05) is 0 Å². The fraction of sp³-hybridized carbons (Fsp3) is 0.182. The molecule has 0 heterocycles. The summed E-state index contributed by atoms with van der Waals surface area (Å²) in [5.41, 5.74) is 0.788. The van der Waals surface area contributed by atoms with E-state index in [2.05, 4.69) is 0 Å². The molecule has 5 heteroatoms. The van der Waals surface area contributed by atoms with Crippen molar-refractivity contribution >= 4 is 23.1 Å². The zero-order valence-electron chi connectivity index (χ0n) is 8.22. The molecular weight excluding hydrogens is 230 g/mol. The van der Waals surface area contributed by atoms with Crippen LogP contribution in [0.3, 0.4) is 0 Å². The minimum Gasteiger partial charge on any atom is -0.294 e. The van der Waals surface area contributed by atoms with E-state index >= 15 is 0 Å². The van der Waals surface area contributed by atoms with Crippen LogP contribution in [-0.2, 0) is 4.79 Å². The van der Waals surface area contributed by atoms with Crippen molar-refractivity contribution < 1.29 is 9.72 Å². The number of nitro benzene ring substituents is 1. The van der Waals surface area contributed by atoms with E-state index in [0.717, 1.165) is 5.56 Å². The predicted octanol–water partition coefficient (Wildman–Crippen LogP) is 2.77. The zero-order chi connectivity index (χ0) is 11.7. The zero-order valence-corrected chi connectivity index (χ0v) is 8.98. The Bertz CT molecular complexity index is 479. The van der Waals surface area contributed by atoms with Crippen molar-refractivity contribution in [3.05, 3.63) is 51.1 Å². The van der Waals surface area contributed by atoms with E-state index in [9.17, 15) is 14.9 Å². The Labute approximate surface area is 96.7 Å². The minimum absolute atomic E-state index is 0.0215. The van der Waals surface area contributed by atoms with Gasteiger partial charge in [-0.25, -0.2) is 0 Å². The molecule has 0 fully saturated rings. The first-order valence-corrected chi connectivity index (χ1v) is 5.10. The van der Waals surface area contributed by atoms with Crippen molar-refractivity contribution in [1.82, 2.24) is 0 Å². The molecule has 1 aliphatic rings. The van der Waals surface area contributed by atoms with Gasteiger partial charge in [0, 0.05) is 17.2 Å². The molecule has 1 aliphatic carbocycles. The molecular formula is C11H8ClNO3. The molecule has 0 N–H and O–H groups in total. The fourth-order valence-electron chi connectivity index (χ4n) is 1.72. The van der Waals surface area contributed by atoms with Gasteiger partial charge in [-0.15, -0.1) is 0 Å². The van der Waals surface area contributed by atoms with Gasteiger partial charge in [-0.2, -0.15) is 0 Å². The van der Waals surface area contributed by atoms with Crippen LogP contribution < -0.4 is 0 Å². The second-order valence-electron chi connectivity index (χ2n) is 3.60. The van der Waals surface area contributed by atoms with Crippen LogP contribution in [0.25, 0.3) is 0 Å². The van der Waals surface area contributed by atoms with Gasteiger partial charge in [-0.05, 0) is 18.1 Å². The van der Waals surface area contributed by atoms with Crippen LogP contribution in [0.2, 0.25) is 0 Å². The van der Waals surface area contributed by atoms with Crippen LogP contribution in [-0.4, -0.2) is 10.7 Å². The van der Waals surface area contributed by atoms with Crippen molar-refractivity contribution in [3.63, 3.8) is 0 Å². The van der Waals surface area contributed by atoms with E-state index in [0.29, 0.717) is 11.5 Å². The Hall–Kier alpha value is -1.68. The molecule has 82 valence electrons. The number of nitrogens with zero attached hydrogens (tertiary/aromatic N) is 1. The quantitative estimate of drug-likeness (QED) is 0.587. The maximum Gasteiger partial charge on any atom is 0.269 e. The summed E-state index contributed by atoms with van der Waals surface area (Å²) < 4.78 is 0. The molecule has 1 unspecified atom stereocenters. The molecule has 1 aromatic rings. The summed E-state index contributed by atoms with van der Waals surface area (Å²) in [5.74, 6) is -0.327. The lowest BCUT2D eigenvalue weighted by Gasteiger charge is -2.07. The lowest BCUT2D eigenvalue weighted by Crippen LogP contribution is -2.04. The van der Waals surface area contributed by atoms with Gasteiger partial charge in [-0.3, -0.25) is 14.9 Å². The average molecular weight is 238 g/mol. The first-order chi connectivity index (χ1) is 7.58. The molecule has 0 aromatic heterocycles. The molecule has 0 amide bonds. The Morgan fingerprint density at radius 2 is 1.94 bits per heavy atom. The van der Waals surface area contributed by atoms with Crippen molar-refractivity contribution in [2.24, 2.45) is 0 Å². The highest BCUT2D eigenvalue weighted by molar-refractivity contribution is 6.32. The minimum atomic E-state index is -0.467. The van der Waals surface area contributed by atoms with E-state index in [1.54, 1.807) is 12.1 Å². The predicted molar refractivity (Wildman–Crippen MR) is 59.4 cm³/mol. The van der Waals surface area contributed by atoms with Crippen LogP contribution in [0.4, 0.5) is 5.69 Å². The van der Waals surface area contributed by atoms with Gasteiger partial charge in [0.15, 0.2) is 5.78 Å². The highest BCUT2D eigenvalue weighted by Crippen LogP contribution is 2.33. The number of carbonyl (C=O) groups is 1. The first-order valence-electron chi connectivity index (χ1n) is 4.72. The molecule has 0 bridgehead atoms. The topological polar surface area (TPSA) is 60.2 Å². The fourth-order valence-corrected chi connectivity index (χ4v) is 1.98. The third-order valence-electron chi connectivity index (χ3n) is 2.55. The third-order valence-corrected chi connectivity index (χ3v) is 2.81. The summed E-state index contributed by atoms with van der Waals surface area (Å²) in [6, 6.07) is 6.00. The van der Waals surface area contributed by atoms with Crippen LogP contribution in [0.5, 0.6) is 0 Å². The third kappa shape index (κ3) is 1.97. The number of ketones is 1. The number of halogens is 1. The molecule has 0 aliphatic heterocycles. The van der Waals surface area contributed by atoms with Gasteiger partial charge < -0.3 is 0 Å². The molecule has 2 rings (SSSR count). The van der Waals surface area contributed by atoms with Gasteiger partial charge in [0.25, 0.3) is 5.69 Å². The summed E-state index contributed by atoms with van der Waals surface area (Å²) >= 11 is 5.77. The molecule has 4 nitrogen and oxygen atoms in total. The van der Waals surface area contributed by atoms with Crippen LogP contribution in [0.15, 0.2) is 35.4 Å². The molecule has 0 spiro atoms. The number of hydrogen-bond acceptors (Lipinski definition) is 3. The smallest absolute Gasteiger partial charge is 0.269 e. The normalized spacial score (nSPS) is 19.7. The molecule has 1 atom stereocenters. The van der Waals surface area contributed by atoms with E-state index in [-0.39, 0.29) is 17.4 Å². The summed E-state index contributed by atoms with van der Waals surface area (Å²) in [7, 11) is 0. The largest absolute Gasteiger partial charge is 0.294 e. The summed E-state index contributed by atoms with van der Waals surface area (Å²) in [4.78, 5) is 21.5. The second-order valence-corrected chi connectivity index (χ2v) is 4.08. The molecule has 16 heavy (non-hydrogen) atoms. The van der Waals surface area contributed by atoms with Crippen LogP contribution in [0, 0.1) is 10.1 Å². The van der Waals surface area contributed by atoms with Gasteiger partial charge in [0.2, 0.25) is 0 Å². The van der Waals surface area contributed by atoms with Crippen molar-refractivity contribution in [2.75, 3.05) is 0 Å². The maximum absolute atomic E-state index is 11.5. The van der Waals surface area contributed by atoms with Crippen LogP contribution >= 0.6 is 11.6 Å². The number of carbonyl (C=O) groups excluding carboxylic acids is 1. The van der Waals surface area contributed by atoms with E-state index in [4.69, 9.17) is 11.6 Å². The van der Waals surface area contributed by atoms with E-state index < -0.39 is 4.92 Å². The summed E-state index contributed by atoms with van der Waals surface area (Å²) in [6.07, 6.45) is 1.89. The summed E-state index contributed by atoms with van der Waals surface area (Å²) in [6.45, 7) is 0. The van der Waals surface area contributed by atoms with E-state index in [1.165, 1.54) is 18.2 Å². The number of non-ortho nitro benzene ring substituents is 1. The second kappa shape index (κ2) is 4.06.